The molecule has 238 valence electrons. The largest absolute Gasteiger partial charge is 0.573 e. The summed E-state index contributed by atoms with van der Waals surface area (Å²) in [5, 5.41) is 22.1. The third-order valence-corrected chi connectivity index (χ3v) is 10.3. The van der Waals surface area contributed by atoms with Crippen LogP contribution >= 0.6 is 11.3 Å². The lowest BCUT2D eigenvalue weighted by atomic mass is 9.93. The van der Waals surface area contributed by atoms with Crippen molar-refractivity contribution in [1.82, 2.24) is 4.98 Å². The maximum absolute atomic E-state index is 13.5. The van der Waals surface area contributed by atoms with Gasteiger partial charge in [0.05, 0.1) is 27.6 Å². The Balaban J connectivity index is 1.60. The van der Waals surface area contributed by atoms with Crippen molar-refractivity contribution < 1.29 is 45.9 Å². The Morgan fingerprint density at radius 2 is 1.63 bits per heavy atom. The number of hydrogen-bond acceptors (Lipinski definition) is 10. The lowest BCUT2D eigenvalue weighted by Crippen LogP contribution is -2.29. The van der Waals surface area contributed by atoms with E-state index in [0.29, 0.717) is 16.9 Å². The second-order valence-corrected chi connectivity index (χ2v) is 13.5. The van der Waals surface area contributed by atoms with Crippen molar-refractivity contribution in [2.75, 3.05) is 4.90 Å². The molecule has 1 unspecified atom stereocenters. The number of sulfone groups is 1. The van der Waals surface area contributed by atoms with Crippen molar-refractivity contribution in [1.29, 1.82) is 0 Å². The van der Waals surface area contributed by atoms with E-state index in [1.165, 1.54) is 0 Å². The average Bonchev–Trinajstić information content (AvgIpc) is 3.60. The fourth-order valence-electron chi connectivity index (χ4n) is 4.73. The minimum atomic E-state index is -4.96. The second-order valence-electron chi connectivity index (χ2n) is 10.3. The van der Waals surface area contributed by atoms with E-state index in [0.717, 1.165) is 65.2 Å². The SMILES string of the molecule is CC(C)c1ccc(C2/C(=C(\O)c3ccc(OC(F)(F)F)cc3)C(=O)C(=O)N2c2ncc(S(=O)(=O)c3ccc([N+](=O)[O-])cc3)s2)cc1. The third-order valence-electron chi connectivity index (χ3n) is 7.03. The van der Waals surface area contributed by atoms with Crippen molar-refractivity contribution in [3.05, 3.63) is 111 Å². The molecule has 46 heavy (non-hydrogen) atoms. The molecule has 1 aliphatic rings. The van der Waals surface area contributed by atoms with Crippen molar-refractivity contribution in [3.63, 3.8) is 0 Å². The van der Waals surface area contributed by atoms with Crippen molar-refractivity contribution in [2.45, 2.75) is 41.3 Å². The van der Waals surface area contributed by atoms with Crippen LogP contribution in [0, 0.1) is 10.1 Å². The molecule has 3 aromatic carbocycles. The number of aromatic nitrogens is 1. The van der Waals surface area contributed by atoms with E-state index in [1.54, 1.807) is 24.3 Å². The number of amides is 1. The van der Waals surface area contributed by atoms with Gasteiger partial charge in [-0.1, -0.05) is 49.4 Å². The molecule has 16 heteroatoms. The van der Waals surface area contributed by atoms with Gasteiger partial charge in [0.1, 0.15) is 15.7 Å². The molecule has 0 radical (unpaired) electrons. The molecule has 1 fully saturated rings. The Kier molecular flexibility index (Phi) is 8.44. The minimum absolute atomic E-state index is 0.0862. The molecule has 5 rings (SSSR count). The lowest BCUT2D eigenvalue weighted by molar-refractivity contribution is -0.384. The first-order chi connectivity index (χ1) is 21.6. The predicted molar refractivity (Wildman–Crippen MR) is 159 cm³/mol. The van der Waals surface area contributed by atoms with Gasteiger partial charge in [-0.25, -0.2) is 13.4 Å². The number of carbonyl (C=O) groups excluding carboxylic acids is 2. The van der Waals surface area contributed by atoms with Gasteiger partial charge in [-0.3, -0.25) is 24.6 Å². The van der Waals surface area contributed by atoms with Gasteiger partial charge in [-0.15, -0.1) is 13.2 Å². The number of ether oxygens (including phenoxy) is 1. The number of nitro benzene ring substituents is 1. The Labute approximate surface area is 263 Å². The maximum Gasteiger partial charge on any atom is 0.573 e. The molecular weight excluding hydrogens is 651 g/mol. The molecule has 1 N–H and O–H groups in total. The highest BCUT2D eigenvalue weighted by molar-refractivity contribution is 7.93. The monoisotopic (exact) mass is 673 g/mol. The number of nitrogens with zero attached hydrogens (tertiary/aromatic N) is 3. The van der Waals surface area contributed by atoms with E-state index in [-0.39, 0.29) is 31.4 Å². The molecule has 1 aliphatic heterocycles. The molecule has 0 saturated carbocycles. The first kappa shape index (κ1) is 32.3. The maximum atomic E-state index is 13.5. The highest BCUT2D eigenvalue weighted by Crippen LogP contribution is 2.44. The zero-order chi connectivity index (χ0) is 33.6. The van der Waals surface area contributed by atoms with Crippen LogP contribution in [-0.4, -0.2) is 41.5 Å². The summed E-state index contributed by atoms with van der Waals surface area (Å²) in [5.74, 6) is -3.40. The number of nitro groups is 1. The van der Waals surface area contributed by atoms with Crippen LogP contribution in [0.25, 0.3) is 5.76 Å². The fraction of sp³-hybridized carbons (Fsp3) is 0.167. The van der Waals surface area contributed by atoms with Crippen LogP contribution in [-0.2, 0) is 19.4 Å². The summed E-state index contributed by atoms with van der Waals surface area (Å²) in [7, 11) is -4.25. The van der Waals surface area contributed by atoms with E-state index in [1.807, 2.05) is 13.8 Å². The smallest absolute Gasteiger partial charge is 0.507 e. The number of anilines is 1. The molecule has 1 saturated heterocycles. The molecule has 0 bridgehead atoms. The molecule has 0 spiro atoms. The summed E-state index contributed by atoms with van der Waals surface area (Å²) in [6, 6.07) is 13.7. The van der Waals surface area contributed by atoms with Crippen LogP contribution in [0.2, 0.25) is 0 Å². The summed E-state index contributed by atoms with van der Waals surface area (Å²) in [6.07, 6.45) is -3.98. The highest BCUT2D eigenvalue weighted by atomic mass is 32.2. The molecule has 11 nitrogen and oxygen atoms in total. The number of halogens is 3. The number of Topliss-reactive ketones (excluding diaryl/α,β-unsaturated/α-hetero) is 1. The second kappa shape index (κ2) is 12.0. The molecule has 1 atom stereocenters. The number of hydrogen-bond donors (Lipinski definition) is 1. The number of aliphatic hydroxyl groups excluding tert-OH is 1. The van der Waals surface area contributed by atoms with Crippen LogP contribution in [0.1, 0.15) is 42.5 Å². The standard InChI is InChI=1S/C30H22F3N3O8S2/c1-16(2)17-3-5-18(6-4-17)25-24(26(37)19-7-11-21(12-8-19)44-30(31,32)33)27(38)28(39)35(25)29-34-15-23(45-29)46(42,43)22-13-9-20(10-14-22)36(40)41/h3-16,25,37H,1-2H3/b26-24+. The topological polar surface area (TPSA) is 157 Å². The van der Waals surface area contributed by atoms with Crippen molar-refractivity contribution in [2.24, 2.45) is 0 Å². The summed E-state index contributed by atoms with van der Waals surface area (Å²) >= 11 is 0.564. The Hall–Kier alpha value is -5.09. The van der Waals surface area contributed by atoms with Gasteiger partial charge in [-0.05, 0) is 53.4 Å². The number of rotatable bonds is 8. The predicted octanol–water partition coefficient (Wildman–Crippen LogP) is 6.53. The fourth-order valence-corrected chi connectivity index (χ4v) is 7.27. The number of thiazole rings is 1. The Morgan fingerprint density at radius 3 is 2.17 bits per heavy atom. The van der Waals surface area contributed by atoms with E-state index < -0.39 is 55.9 Å². The normalized spacial score (nSPS) is 16.7. The van der Waals surface area contributed by atoms with Gasteiger partial charge < -0.3 is 9.84 Å². The van der Waals surface area contributed by atoms with E-state index in [2.05, 4.69) is 9.72 Å². The van der Waals surface area contributed by atoms with Gasteiger partial charge in [-0.2, -0.15) is 0 Å². The van der Waals surface area contributed by atoms with Crippen LogP contribution in [0.15, 0.2) is 93.7 Å². The molecule has 2 heterocycles. The zero-order valence-corrected chi connectivity index (χ0v) is 25.4. The van der Waals surface area contributed by atoms with Crippen LogP contribution in [0.3, 0.4) is 0 Å². The third kappa shape index (κ3) is 6.21. The first-order valence-electron chi connectivity index (χ1n) is 13.3. The van der Waals surface area contributed by atoms with Crippen LogP contribution in [0.5, 0.6) is 5.75 Å². The zero-order valence-electron chi connectivity index (χ0n) is 23.8. The minimum Gasteiger partial charge on any atom is -0.507 e. The molecule has 0 aliphatic carbocycles. The average molecular weight is 674 g/mol. The molecule has 1 amide bonds. The Bertz CT molecular complexity index is 1970. The number of ketones is 1. The van der Waals surface area contributed by atoms with Crippen LogP contribution in [0.4, 0.5) is 24.0 Å². The number of benzene rings is 3. The molecule has 4 aromatic rings. The highest BCUT2D eigenvalue weighted by Gasteiger charge is 2.48. The van der Waals surface area contributed by atoms with E-state index in [9.17, 15) is 46.4 Å². The van der Waals surface area contributed by atoms with Crippen molar-refractivity contribution in [3.8, 4) is 5.75 Å². The Morgan fingerprint density at radius 1 is 1.02 bits per heavy atom. The summed E-state index contributed by atoms with van der Waals surface area (Å²) in [4.78, 5) is 42.0. The number of alkyl halides is 3. The number of non-ortho nitro benzene ring substituents is 1. The quantitative estimate of drug-likeness (QED) is 0.0722. The van der Waals surface area contributed by atoms with Gasteiger partial charge in [0.25, 0.3) is 11.5 Å². The first-order valence-corrected chi connectivity index (χ1v) is 15.6. The van der Waals surface area contributed by atoms with Crippen LogP contribution < -0.4 is 9.64 Å². The van der Waals surface area contributed by atoms with Gasteiger partial charge in [0.2, 0.25) is 9.84 Å². The summed E-state index contributed by atoms with van der Waals surface area (Å²) in [6.45, 7) is 3.91. The van der Waals surface area contributed by atoms with Gasteiger partial charge in [0, 0.05) is 17.7 Å². The number of carbonyl (C=O) groups is 2. The summed E-state index contributed by atoms with van der Waals surface area (Å²) in [5.41, 5.74) is 0.473. The van der Waals surface area contributed by atoms with E-state index >= 15 is 0 Å². The number of aliphatic hydroxyl groups is 1. The van der Waals surface area contributed by atoms with Gasteiger partial charge >= 0.3 is 12.3 Å². The molecule has 1 aromatic heterocycles. The summed E-state index contributed by atoms with van der Waals surface area (Å²) < 4.78 is 68.1. The molecular formula is C30H22F3N3O8S2. The van der Waals surface area contributed by atoms with E-state index in [4.69, 9.17) is 0 Å². The van der Waals surface area contributed by atoms with Gasteiger partial charge in [0.15, 0.2) is 5.13 Å². The van der Waals surface area contributed by atoms with Crippen molar-refractivity contribution >= 4 is 49.4 Å². The lowest BCUT2D eigenvalue weighted by Gasteiger charge is -2.23.